The number of halogens is 2. The van der Waals surface area contributed by atoms with Gasteiger partial charge in [-0.1, -0.05) is 38.1 Å². The molecule has 4 nitrogen and oxygen atoms in total. The molecule has 1 saturated heterocycles. The number of hydrogen-bond donors (Lipinski definition) is 0. The fourth-order valence-electron chi connectivity index (χ4n) is 2.17. The summed E-state index contributed by atoms with van der Waals surface area (Å²) in [4.78, 5) is 23.9. The van der Waals surface area contributed by atoms with E-state index in [1.807, 2.05) is 19.1 Å². The van der Waals surface area contributed by atoms with Gasteiger partial charge in [0, 0.05) is 23.6 Å². The molecule has 0 aromatic heterocycles. The zero-order valence-electron chi connectivity index (χ0n) is 11.4. The molecule has 1 heterocycles. The smallest absolute Gasteiger partial charge is 0.270 e. The Bertz CT molecular complexity index is 547. The summed E-state index contributed by atoms with van der Waals surface area (Å²) in [6.45, 7) is 5.65. The molecule has 1 aromatic carbocycles. The summed E-state index contributed by atoms with van der Waals surface area (Å²) < 4.78 is 1.36. The maximum Gasteiger partial charge on any atom is 0.357 e. The summed E-state index contributed by atoms with van der Waals surface area (Å²) >= 11 is 11.6. The van der Waals surface area contributed by atoms with Crippen molar-refractivity contribution in [2.45, 2.75) is 32.2 Å². The molecule has 3 amide bonds. The van der Waals surface area contributed by atoms with E-state index in [1.54, 1.807) is 19.1 Å². The molecule has 107 valence electrons. The third-order valence-electron chi connectivity index (χ3n) is 3.82. The number of carbonyl (C=O) groups excluding carboxylic acids is 2. The Kier molecular flexibility index (Phi) is 3.98. The molecule has 1 aliphatic rings. The van der Waals surface area contributed by atoms with Crippen molar-refractivity contribution in [3.8, 4) is 0 Å². The summed E-state index contributed by atoms with van der Waals surface area (Å²) in [5.74, 6) is -0.239. The molecule has 6 heteroatoms. The summed E-state index contributed by atoms with van der Waals surface area (Å²) in [6, 6.07) is 6.70. The first-order valence-electron chi connectivity index (χ1n) is 6.24. The van der Waals surface area contributed by atoms with Gasteiger partial charge in [0.1, 0.15) is 0 Å². The van der Waals surface area contributed by atoms with E-state index in [0.29, 0.717) is 15.9 Å². The van der Waals surface area contributed by atoms with Crippen molar-refractivity contribution in [3.63, 3.8) is 0 Å². The van der Waals surface area contributed by atoms with Gasteiger partial charge in [0.25, 0.3) is 5.91 Å². The number of imide groups is 1. The molecule has 2 rings (SSSR count). The Morgan fingerprint density at radius 3 is 2.15 bits per heavy atom. The standard InChI is InChI=1S/C14H15Cl2N2O2/c1-4-9(2)10-5-7-11(8-6-10)14(3)12(19)17(15)13(20)18(14)16/h4-9H,1-3H3. The lowest BCUT2D eigenvalue weighted by atomic mass is 9.89. The van der Waals surface area contributed by atoms with Gasteiger partial charge in [0.15, 0.2) is 5.54 Å². The maximum absolute atomic E-state index is 12.2. The minimum atomic E-state index is -1.28. The van der Waals surface area contributed by atoms with Crippen molar-refractivity contribution < 1.29 is 9.59 Å². The lowest BCUT2D eigenvalue weighted by Gasteiger charge is -2.26. The number of urea groups is 1. The predicted octanol–water partition coefficient (Wildman–Crippen LogP) is 3.80. The van der Waals surface area contributed by atoms with Crippen LogP contribution in [0.5, 0.6) is 0 Å². The molecule has 1 radical (unpaired) electrons. The Hall–Kier alpha value is -1.26. The van der Waals surface area contributed by atoms with Crippen LogP contribution >= 0.6 is 23.6 Å². The second-order valence-electron chi connectivity index (χ2n) is 4.97. The van der Waals surface area contributed by atoms with E-state index in [2.05, 4.69) is 13.3 Å². The van der Waals surface area contributed by atoms with Crippen LogP contribution in [0.2, 0.25) is 0 Å². The van der Waals surface area contributed by atoms with Crippen LogP contribution in [0.1, 0.15) is 37.8 Å². The molecular weight excluding hydrogens is 299 g/mol. The summed E-state index contributed by atoms with van der Waals surface area (Å²) in [6.07, 6.45) is 2.08. The minimum Gasteiger partial charge on any atom is -0.270 e. The van der Waals surface area contributed by atoms with Gasteiger partial charge in [0.2, 0.25) is 0 Å². The Morgan fingerprint density at radius 2 is 1.75 bits per heavy atom. The zero-order valence-corrected chi connectivity index (χ0v) is 12.9. The largest absolute Gasteiger partial charge is 0.357 e. The quantitative estimate of drug-likeness (QED) is 0.629. The van der Waals surface area contributed by atoms with E-state index in [1.165, 1.54) is 0 Å². The maximum atomic E-state index is 12.2. The van der Waals surface area contributed by atoms with Gasteiger partial charge in [-0.15, -0.1) is 0 Å². The highest BCUT2D eigenvalue weighted by atomic mass is 35.5. The average molecular weight is 314 g/mol. The second-order valence-corrected chi connectivity index (χ2v) is 5.64. The lowest BCUT2D eigenvalue weighted by molar-refractivity contribution is -0.128. The van der Waals surface area contributed by atoms with Crippen molar-refractivity contribution in [3.05, 3.63) is 41.8 Å². The molecule has 1 aliphatic heterocycles. The van der Waals surface area contributed by atoms with Crippen molar-refractivity contribution in [2.24, 2.45) is 0 Å². The second kappa shape index (κ2) is 5.26. The van der Waals surface area contributed by atoms with Gasteiger partial charge in [-0.2, -0.15) is 4.42 Å². The highest BCUT2D eigenvalue weighted by Gasteiger charge is 2.55. The van der Waals surface area contributed by atoms with Crippen molar-refractivity contribution in [1.82, 2.24) is 8.84 Å². The summed E-state index contributed by atoms with van der Waals surface area (Å²) in [5, 5.41) is 0. The fraction of sp³-hybridized carbons (Fsp3) is 0.357. The van der Waals surface area contributed by atoms with Gasteiger partial charge in [-0.05, 0) is 30.4 Å². The molecular formula is C14H15Cl2N2O2. The van der Waals surface area contributed by atoms with Gasteiger partial charge in [-0.25, -0.2) is 9.21 Å². The molecule has 0 N–H and O–H groups in total. The highest BCUT2D eigenvalue weighted by Crippen LogP contribution is 2.39. The Labute approximate surface area is 128 Å². The summed E-state index contributed by atoms with van der Waals surface area (Å²) in [7, 11) is 0. The van der Waals surface area contributed by atoms with E-state index in [4.69, 9.17) is 23.6 Å². The average Bonchev–Trinajstić information content (AvgIpc) is 2.63. The highest BCUT2D eigenvalue weighted by molar-refractivity contribution is 6.39. The lowest BCUT2D eigenvalue weighted by Crippen LogP contribution is -2.39. The number of rotatable bonds is 3. The van der Waals surface area contributed by atoms with Crippen LogP contribution in [-0.4, -0.2) is 20.8 Å². The van der Waals surface area contributed by atoms with Gasteiger partial charge in [0.05, 0.1) is 0 Å². The third-order valence-corrected chi connectivity index (χ3v) is 4.60. The number of hydrogen-bond acceptors (Lipinski definition) is 2. The van der Waals surface area contributed by atoms with Crippen LogP contribution in [0.4, 0.5) is 4.79 Å². The normalized spacial score (nSPS) is 24.4. The molecule has 2 atom stereocenters. The van der Waals surface area contributed by atoms with E-state index in [0.717, 1.165) is 9.98 Å². The molecule has 1 fully saturated rings. The van der Waals surface area contributed by atoms with E-state index in [9.17, 15) is 9.59 Å². The molecule has 0 spiro atoms. The van der Waals surface area contributed by atoms with E-state index >= 15 is 0 Å². The fourth-order valence-corrected chi connectivity index (χ4v) is 2.70. The number of amides is 3. The van der Waals surface area contributed by atoms with Crippen molar-refractivity contribution in [2.75, 3.05) is 0 Å². The van der Waals surface area contributed by atoms with Crippen LogP contribution < -0.4 is 0 Å². The molecule has 0 saturated carbocycles. The number of benzene rings is 1. The molecule has 1 aromatic rings. The van der Waals surface area contributed by atoms with Crippen LogP contribution in [0.15, 0.2) is 24.3 Å². The topological polar surface area (TPSA) is 40.6 Å². The Balaban J connectivity index is 2.40. The van der Waals surface area contributed by atoms with Crippen LogP contribution in [0, 0.1) is 6.42 Å². The van der Waals surface area contributed by atoms with E-state index < -0.39 is 17.5 Å². The summed E-state index contributed by atoms with van der Waals surface area (Å²) in [5.41, 5.74) is 0.472. The molecule has 0 aliphatic carbocycles. The SMILES string of the molecule is C[CH]C(C)c1ccc(C2(C)C(=O)N(Cl)C(=O)N2Cl)cc1. The van der Waals surface area contributed by atoms with Crippen molar-refractivity contribution in [1.29, 1.82) is 0 Å². The minimum absolute atomic E-state index is 0.314. The van der Waals surface area contributed by atoms with Crippen LogP contribution in [0.3, 0.4) is 0 Å². The molecule has 2 unspecified atom stereocenters. The zero-order chi connectivity index (χ0) is 15.1. The van der Waals surface area contributed by atoms with Gasteiger partial charge >= 0.3 is 6.03 Å². The van der Waals surface area contributed by atoms with Crippen LogP contribution in [-0.2, 0) is 10.3 Å². The third kappa shape index (κ3) is 2.07. The van der Waals surface area contributed by atoms with Gasteiger partial charge < -0.3 is 0 Å². The number of nitrogens with zero attached hydrogens (tertiary/aromatic N) is 2. The van der Waals surface area contributed by atoms with Crippen molar-refractivity contribution >= 4 is 35.5 Å². The predicted molar refractivity (Wildman–Crippen MR) is 78.0 cm³/mol. The monoisotopic (exact) mass is 313 g/mol. The Morgan fingerprint density at radius 1 is 1.20 bits per heavy atom. The molecule has 20 heavy (non-hydrogen) atoms. The first-order valence-corrected chi connectivity index (χ1v) is 6.91. The first-order chi connectivity index (χ1) is 9.33. The van der Waals surface area contributed by atoms with Crippen LogP contribution in [0.25, 0.3) is 0 Å². The van der Waals surface area contributed by atoms with E-state index in [-0.39, 0.29) is 0 Å². The molecule has 0 bridgehead atoms. The number of carbonyl (C=O) groups is 2. The first kappa shape index (κ1) is 15.1. The van der Waals surface area contributed by atoms with Gasteiger partial charge in [-0.3, -0.25) is 4.79 Å².